The molecule has 2 nitrogen and oxygen atoms in total. The first-order valence-corrected chi connectivity index (χ1v) is 14.8. The molecule has 8 aliphatic rings. The molecule has 4 heteroatoms. The van der Waals surface area contributed by atoms with Crippen LogP contribution in [0, 0.1) is 35.5 Å². The number of nitrogens with zero attached hydrogens (tertiary/aromatic N) is 2. The Hall–Kier alpha value is -0.930. The molecule has 0 radical (unpaired) electrons. The van der Waals surface area contributed by atoms with Crippen molar-refractivity contribution in [3.8, 4) is 0 Å². The summed E-state index contributed by atoms with van der Waals surface area (Å²) in [6.45, 7) is 1.08. The minimum absolute atomic E-state index is 0. The smallest absolute Gasteiger partial charge is 1.00 e. The minimum Gasteiger partial charge on any atom is -1.00 e. The summed E-state index contributed by atoms with van der Waals surface area (Å²) < 4.78 is 0. The van der Waals surface area contributed by atoms with Gasteiger partial charge in [0.25, 0.3) is 0 Å². The van der Waals surface area contributed by atoms with Crippen molar-refractivity contribution in [2.24, 2.45) is 35.5 Å². The van der Waals surface area contributed by atoms with E-state index in [1.165, 1.54) is 88.4 Å². The predicted octanol–water partition coefficient (Wildman–Crippen LogP) is 4.90. The first-order chi connectivity index (χ1) is 17.2. The van der Waals surface area contributed by atoms with E-state index in [4.69, 9.17) is 0 Å². The van der Waals surface area contributed by atoms with Crippen molar-refractivity contribution in [2.75, 3.05) is 16.5 Å². The zero-order chi connectivity index (χ0) is 23.0. The van der Waals surface area contributed by atoms with Crippen molar-refractivity contribution < 1.29 is 34.8 Å². The molecule has 10 rings (SSSR count). The monoisotopic (exact) mass is 698 g/mol. The summed E-state index contributed by atoms with van der Waals surface area (Å²) >= 11 is 0. The molecule has 0 spiro atoms. The van der Waals surface area contributed by atoms with Gasteiger partial charge in [0, 0.05) is 22.5 Å². The Kier molecular flexibility index (Phi) is 7.05. The van der Waals surface area contributed by atoms with Gasteiger partial charge in [-0.2, -0.15) is 0 Å². The van der Waals surface area contributed by atoms with Crippen LogP contribution in [-0.2, 0) is 22.4 Å². The summed E-state index contributed by atoms with van der Waals surface area (Å²) in [6, 6.07) is 23.2. The van der Waals surface area contributed by atoms with Gasteiger partial charge in [0.15, 0.2) is 0 Å². The van der Waals surface area contributed by atoms with E-state index in [1.54, 1.807) is 0 Å². The molecule has 0 aromatic heterocycles. The fourth-order valence-corrected chi connectivity index (χ4v) is 11.2. The van der Waals surface area contributed by atoms with E-state index in [9.17, 15) is 0 Å². The molecule has 0 N–H and O–H groups in total. The van der Waals surface area contributed by atoms with Crippen LogP contribution < -0.4 is 22.2 Å². The second-order valence-corrected chi connectivity index (χ2v) is 14.0. The molecule has 0 saturated heterocycles. The molecule has 8 bridgehead atoms. The summed E-state index contributed by atoms with van der Waals surface area (Å²) in [5, 5.41) is 0. The van der Waals surface area contributed by atoms with Crippen LogP contribution in [0.1, 0.15) is 77.0 Å². The largest absolute Gasteiger partial charge is 1.00 e. The van der Waals surface area contributed by atoms with Gasteiger partial charge >= 0.3 is 22.4 Å². The molecule has 0 atom stereocenters. The topological polar surface area (TPSA) is 6.48 Å². The third-order valence-electron chi connectivity index (χ3n) is 11.6. The first kappa shape index (κ1) is 26.3. The summed E-state index contributed by atoms with van der Waals surface area (Å²) in [7, 11) is 0. The fourth-order valence-electron chi connectivity index (χ4n) is 11.2. The zero-order valence-corrected chi connectivity index (χ0v) is 24.9. The van der Waals surface area contributed by atoms with Crippen LogP contribution in [0.3, 0.4) is 0 Å². The van der Waals surface area contributed by atoms with Gasteiger partial charge in [0.2, 0.25) is 0 Å². The van der Waals surface area contributed by atoms with Crippen LogP contribution in [0.5, 0.6) is 0 Å². The van der Waals surface area contributed by atoms with Crippen LogP contribution >= 0.6 is 0 Å². The van der Waals surface area contributed by atoms with Crippen molar-refractivity contribution >= 4 is 11.4 Å². The summed E-state index contributed by atoms with van der Waals surface area (Å²) in [4.78, 5) is 5.92. The predicted molar refractivity (Wildman–Crippen MR) is 145 cm³/mol. The van der Waals surface area contributed by atoms with E-state index >= 15 is 0 Å². The normalized spacial score (nSPS) is 40.1. The molecule has 8 aliphatic carbocycles. The van der Waals surface area contributed by atoms with Gasteiger partial charge in [-0.3, -0.25) is 0 Å². The number of hydrogen-bond donors (Lipinski definition) is 0. The molecule has 8 saturated carbocycles. The molecule has 0 aliphatic heterocycles. The third kappa shape index (κ3) is 4.43. The maximum atomic E-state index is 2.96. The summed E-state index contributed by atoms with van der Waals surface area (Å²) in [5.41, 5.74) is 3.68. The van der Waals surface area contributed by atoms with E-state index in [-0.39, 0.29) is 34.8 Å². The van der Waals surface area contributed by atoms with Crippen LogP contribution in [0.2, 0.25) is 0 Å². The van der Waals surface area contributed by atoms with Gasteiger partial charge in [-0.15, -0.1) is 0 Å². The SMILES string of the molecule is [Au+].[Cl-].c1ccc(N(CN(c2ccccc2)C23CC4CC(CC(C4)C2)C3)C23CC4CC(CC(C4)C2)C3)cc1. The maximum Gasteiger partial charge on any atom is 1.00 e. The Morgan fingerprint density at radius 1 is 0.486 bits per heavy atom. The molecule has 0 amide bonds. The van der Waals surface area contributed by atoms with Gasteiger partial charge in [0.1, 0.15) is 0 Å². The minimum atomic E-state index is 0. The van der Waals surface area contributed by atoms with Crippen molar-refractivity contribution in [1.82, 2.24) is 0 Å². The average Bonchev–Trinajstić information content (AvgIpc) is 2.84. The van der Waals surface area contributed by atoms with E-state index < -0.39 is 0 Å². The van der Waals surface area contributed by atoms with Crippen molar-refractivity contribution in [1.29, 1.82) is 0 Å². The molecule has 202 valence electrons. The average molecular weight is 699 g/mol. The zero-order valence-electron chi connectivity index (χ0n) is 22.0. The Morgan fingerprint density at radius 2 is 0.757 bits per heavy atom. The van der Waals surface area contributed by atoms with Crippen LogP contribution in [-0.4, -0.2) is 17.7 Å². The van der Waals surface area contributed by atoms with Gasteiger partial charge in [-0.1, -0.05) is 36.4 Å². The number of rotatable bonds is 6. The van der Waals surface area contributed by atoms with Crippen molar-refractivity contribution in [3.63, 3.8) is 0 Å². The fraction of sp³-hybridized carbons (Fsp3) is 0.636. The van der Waals surface area contributed by atoms with Crippen LogP contribution in [0.15, 0.2) is 60.7 Å². The number of hydrogen-bond acceptors (Lipinski definition) is 2. The number of para-hydroxylation sites is 2. The van der Waals surface area contributed by atoms with E-state index in [0.717, 1.165) is 42.2 Å². The van der Waals surface area contributed by atoms with E-state index in [2.05, 4.69) is 70.5 Å². The number of anilines is 2. The molecular formula is C33H42AuClN2. The Morgan fingerprint density at radius 3 is 1.03 bits per heavy atom. The Bertz CT molecular complexity index is 916. The second-order valence-electron chi connectivity index (χ2n) is 14.0. The Labute approximate surface area is 245 Å². The molecule has 2 aromatic carbocycles. The standard InChI is InChI=1S/C33H42N2.Au.ClH/c1-3-7-30(8-4-1)34(32-17-24-11-25(18-32)13-26(12-24)19-32)23-35(31-9-5-2-6-10-31)33-20-27-14-28(21-33)16-29(15-27)22-33;;/h1-10,24-29H,11-23H2;;1H/q;+1;/p-1. The molecule has 0 heterocycles. The van der Waals surface area contributed by atoms with E-state index in [1.807, 2.05) is 0 Å². The summed E-state index contributed by atoms with van der Waals surface area (Å²) in [6.07, 6.45) is 17.6. The van der Waals surface area contributed by atoms with Gasteiger partial charge in [0.05, 0.1) is 6.67 Å². The molecule has 8 fully saturated rings. The van der Waals surface area contributed by atoms with Crippen LogP contribution in [0.4, 0.5) is 11.4 Å². The van der Waals surface area contributed by atoms with E-state index in [0.29, 0.717) is 11.1 Å². The number of benzene rings is 2. The first-order valence-electron chi connectivity index (χ1n) is 14.8. The van der Waals surface area contributed by atoms with Gasteiger partial charge in [-0.05, 0) is 137 Å². The van der Waals surface area contributed by atoms with Crippen molar-refractivity contribution in [3.05, 3.63) is 60.7 Å². The Balaban J connectivity index is 0.00000126. The number of halogens is 1. The van der Waals surface area contributed by atoms with Gasteiger partial charge in [-0.25, -0.2) is 0 Å². The third-order valence-corrected chi connectivity index (χ3v) is 11.6. The van der Waals surface area contributed by atoms with Crippen molar-refractivity contribution in [2.45, 2.75) is 88.1 Å². The quantitative estimate of drug-likeness (QED) is 0.313. The molecular weight excluding hydrogens is 657 g/mol. The molecule has 2 aromatic rings. The maximum absolute atomic E-state index is 2.96. The second kappa shape index (κ2) is 9.92. The molecule has 0 unspecified atom stereocenters. The summed E-state index contributed by atoms with van der Waals surface area (Å²) in [5.74, 6) is 5.82. The van der Waals surface area contributed by atoms with Gasteiger partial charge < -0.3 is 22.2 Å². The van der Waals surface area contributed by atoms with Crippen LogP contribution in [0.25, 0.3) is 0 Å². The molecule has 37 heavy (non-hydrogen) atoms.